The number of benzene rings is 2. The molecule has 7 nitrogen and oxygen atoms in total. The predicted octanol–water partition coefficient (Wildman–Crippen LogP) is 3.27. The quantitative estimate of drug-likeness (QED) is 0.702. The summed E-state index contributed by atoms with van der Waals surface area (Å²) in [4.78, 5) is 35.0. The minimum Gasteiger partial charge on any atom is -0.452 e. The molecule has 2 rings (SSSR count). The van der Waals surface area contributed by atoms with E-state index in [0.717, 1.165) is 5.56 Å². The standard InChI is InChI=1S/C20H23N3O4/c1-20(2,3)15-6-4-5-7-16(15)23-17(24)12-27-18(25)13-8-10-14(11-9-13)22-19(21)26/h4-11H,12H2,1-3H3,(H,23,24)(H3,21,22,26). The number of nitrogens with one attached hydrogen (secondary N) is 2. The van der Waals surface area contributed by atoms with E-state index >= 15 is 0 Å². The van der Waals surface area contributed by atoms with Crippen LogP contribution in [0.25, 0.3) is 0 Å². The fourth-order valence-corrected chi connectivity index (χ4v) is 2.48. The molecule has 0 spiro atoms. The van der Waals surface area contributed by atoms with Crippen LogP contribution in [0.1, 0.15) is 36.7 Å². The van der Waals surface area contributed by atoms with E-state index in [1.54, 1.807) is 0 Å². The van der Waals surface area contributed by atoms with Gasteiger partial charge in [-0.05, 0) is 41.3 Å². The molecular weight excluding hydrogens is 346 g/mol. The van der Waals surface area contributed by atoms with Gasteiger partial charge in [0, 0.05) is 11.4 Å². The van der Waals surface area contributed by atoms with E-state index in [4.69, 9.17) is 10.5 Å². The Hall–Kier alpha value is -3.35. The third kappa shape index (κ3) is 5.85. The number of esters is 1. The molecule has 0 radical (unpaired) electrons. The van der Waals surface area contributed by atoms with Crippen molar-refractivity contribution in [3.8, 4) is 0 Å². The molecule has 3 amide bonds. The van der Waals surface area contributed by atoms with Crippen molar-refractivity contribution in [2.75, 3.05) is 17.2 Å². The van der Waals surface area contributed by atoms with Crippen molar-refractivity contribution in [2.45, 2.75) is 26.2 Å². The number of nitrogens with two attached hydrogens (primary N) is 1. The first-order chi connectivity index (χ1) is 12.7. The normalized spacial score (nSPS) is 10.8. The Morgan fingerprint density at radius 3 is 2.19 bits per heavy atom. The average molecular weight is 369 g/mol. The highest BCUT2D eigenvalue weighted by molar-refractivity contribution is 5.96. The van der Waals surface area contributed by atoms with Crippen LogP contribution in [0.3, 0.4) is 0 Å². The smallest absolute Gasteiger partial charge is 0.338 e. The van der Waals surface area contributed by atoms with E-state index in [-0.39, 0.29) is 11.0 Å². The number of primary amides is 1. The van der Waals surface area contributed by atoms with E-state index in [2.05, 4.69) is 31.4 Å². The van der Waals surface area contributed by atoms with Crippen LogP contribution in [-0.2, 0) is 14.9 Å². The van der Waals surface area contributed by atoms with Gasteiger partial charge >= 0.3 is 12.0 Å². The third-order valence-electron chi connectivity index (χ3n) is 3.73. The summed E-state index contributed by atoms with van der Waals surface area (Å²) in [6, 6.07) is 12.8. The Balaban J connectivity index is 1.94. The van der Waals surface area contributed by atoms with Crippen LogP contribution >= 0.6 is 0 Å². The van der Waals surface area contributed by atoms with Crippen LogP contribution in [0, 0.1) is 0 Å². The van der Waals surface area contributed by atoms with Crippen molar-refractivity contribution in [1.29, 1.82) is 0 Å². The molecule has 0 aliphatic carbocycles. The monoisotopic (exact) mass is 369 g/mol. The second-order valence-corrected chi connectivity index (χ2v) is 6.99. The van der Waals surface area contributed by atoms with Gasteiger partial charge in [0.15, 0.2) is 6.61 Å². The van der Waals surface area contributed by atoms with Crippen molar-refractivity contribution in [3.63, 3.8) is 0 Å². The van der Waals surface area contributed by atoms with Crippen molar-refractivity contribution < 1.29 is 19.1 Å². The second-order valence-electron chi connectivity index (χ2n) is 6.99. The van der Waals surface area contributed by atoms with Gasteiger partial charge < -0.3 is 21.1 Å². The summed E-state index contributed by atoms with van der Waals surface area (Å²) in [6.07, 6.45) is 0. The molecule has 2 aromatic carbocycles. The maximum atomic E-state index is 12.2. The SMILES string of the molecule is CC(C)(C)c1ccccc1NC(=O)COC(=O)c1ccc(NC(N)=O)cc1. The van der Waals surface area contributed by atoms with Gasteiger partial charge in [0.25, 0.3) is 5.91 Å². The number of para-hydroxylation sites is 1. The number of ether oxygens (including phenoxy) is 1. The van der Waals surface area contributed by atoms with E-state index in [0.29, 0.717) is 11.4 Å². The highest BCUT2D eigenvalue weighted by atomic mass is 16.5. The molecule has 0 aromatic heterocycles. The average Bonchev–Trinajstić information content (AvgIpc) is 2.59. The molecule has 0 aliphatic rings. The predicted molar refractivity (Wildman–Crippen MR) is 104 cm³/mol. The molecule has 7 heteroatoms. The van der Waals surface area contributed by atoms with Crippen LogP contribution in [0.4, 0.5) is 16.2 Å². The van der Waals surface area contributed by atoms with Gasteiger partial charge in [-0.2, -0.15) is 0 Å². The molecule has 0 saturated carbocycles. The van der Waals surface area contributed by atoms with Gasteiger partial charge in [-0.3, -0.25) is 4.79 Å². The summed E-state index contributed by atoms with van der Waals surface area (Å²) < 4.78 is 5.05. The molecule has 0 heterocycles. The molecule has 0 aliphatic heterocycles. The van der Waals surface area contributed by atoms with Crippen LogP contribution in [0.5, 0.6) is 0 Å². The molecule has 0 saturated heterocycles. The maximum absolute atomic E-state index is 12.2. The maximum Gasteiger partial charge on any atom is 0.338 e. The molecule has 27 heavy (non-hydrogen) atoms. The summed E-state index contributed by atoms with van der Waals surface area (Å²) in [5.41, 5.74) is 7.27. The van der Waals surface area contributed by atoms with Gasteiger partial charge in [-0.15, -0.1) is 0 Å². The van der Waals surface area contributed by atoms with E-state index in [9.17, 15) is 14.4 Å². The third-order valence-corrected chi connectivity index (χ3v) is 3.73. The summed E-state index contributed by atoms with van der Waals surface area (Å²) in [5, 5.41) is 5.17. The summed E-state index contributed by atoms with van der Waals surface area (Å²) in [7, 11) is 0. The van der Waals surface area contributed by atoms with Crippen LogP contribution < -0.4 is 16.4 Å². The van der Waals surface area contributed by atoms with Crippen molar-refractivity contribution in [1.82, 2.24) is 0 Å². The molecule has 0 atom stereocenters. The van der Waals surface area contributed by atoms with Crippen LogP contribution in [0.15, 0.2) is 48.5 Å². The first kappa shape index (κ1) is 20.0. The zero-order valence-corrected chi connectivity index (χ0v) is 15.5. The number of rotatable bonds is 5. The van der Waals surface area contributed by atoms with E-state index in [1.807, 2.05) is 24.3 Å². The number of amides is 3. The molecule has 0 unspecified atom stereocenters. The van der Waals surface area contributed by atoms with Crippen molar-refractivity contribution in [2.24, 2.45) is 5.73 Å². The Morgan fingerprint density at radius 2 is 1.59 bits per heavy atom. The largest absolute Gasteiger partial charge is 0.452 e. The fourth-order valence-electron chi connectivity index (χ4n) is 2.48. The van der Waals surface area contributed by atoms with Gasteiger partial charge in [0.1, 0.15) is 0 Å². The molecule has 2 aromatic rings. The topological polar surface area (TPSA) is 111 Å². The number of hydrogen-bond acceptors (Lipinski definition) is 4. The highest BCUT2D eigenvalue weighted by Crippen LogP contribution is 2.29. The lowest BCUT2D eigenvalue weighted by atomic mass is 9.86. The summed E-state index contributed by atoms with van der Waals surface area (Å²) >= 11 is 0. The first-order valence-corrected chi connectivity index (χ1v) is 8.40. The van der Waals surface area contributed by atoms with Gasteiger partial charge in [0.2, 0.25) is 0 Å². The number of hydrogen-bond donors (Lipinski definition) is 3. The fraction of sp³-hybridized carbons (Fsp3) is 0.250. The zero-order chi connectivity index (χ0) is 20.0. The molecule has 0 bridgehead atoms. The molecule has 4 N–H and O–H groups in total. The van der Waals surface area contributed by atoms with Gasteiger partial charge in [-0.1, -0.05) is 39.0 Å². The minimum absolute atomic E-state index is 0.138. The lowest BCUT2D eigenvalue weighted by Gasteiger charge is -2.22. The molecule has 0 fully saturated rings. The Bertz CT molecular complexity index is 839. The number of anilines is 2. The highest BCUT2D eigenvalue weighted by Gasteiger charge is 2.19. The van der Waals surface area contributed by atoms with Gasteiger partial charge in [-0.25, -0.2) is 9.59 Å². The molecule has 142 valence electrons. The second kappa shape index (κ2) is 8.35. The van der Waals surface area contributed by atoms with E-state index < -0.39 is 24.5 Å². The summed E-state index contributed by atoms with van der Waals surface area (Å²) in [6.45, 7) is 5.75. The lowest BCUT2D eigenvalue weighted by molar-refractivity contribution is -0.119. The van der Waals surface area contributed by atoms with Crippen molar-refractivity contribution in [3.05, 3.63) is 59.7 Å². The lowest BCUT2D eigenvalue weighted by Crippen LogP contribution is -2.23. The number of carbonyl (C=O) groups is 3. The van der Waals surface area contributed by atoms with Crippen molar-refractivity contribution >= 4 is 29.3 Å². The Labute approximate surface area is 157 Å². The van der Waals surface area contributed by atoms with E-state index in [1.165, 1.54) is 24.3 Å². The minimum atomic E-state index is -0.697. The van der Waals surface area contributed by atoms with Gasteiger partial charge in [0.05, 0.1) is 5.56 Å². The Morgan fingerprint density at radius 1 is 0.963 bits per heavy atom. The van der Waals surface area contributed by atoms with Crippen LogP contribution in [0.2, 0.25) is 0 Å². The van der Waals surface area contributed by atoms with Crippen LogP contribution in [-0.4, -0.2) is 24.5 Å². The Kier molecular flexibility index (Phi) is 6.18. The molecular formula is C20H23N3O4. The zero-order valence-electron chi connectivity index (χ0n) is 15.5. The number of carbonyl (C=O) groups excluding carboxylic acids is 3. The summed E-state index contributed by atoms with van der Waals surface area (Å²) in [5.74, 6) is -1.06. The number of urea groups is 1. The first-order valence-electron chi connectivity index (χ1n) is 8.40.